The van der Waals surface area contributed by atoms with E-state index in [1.165, 1.54) is 21.1 Å². The van der Waals surface area contributed by atoms with Gasteiger partial charge in [0.25, 0.3) is 0 Å². The molecule has 0 bridgehead atoms. The van der Waals surface area contributed by atoms with Crippen LogP contribution in [0.1, 0.15) is 39.8 Å². The van der Waals surface area contributed by atoms with Gasteiger partial charge in [0, 0.05) is 24.4 Å². The zero-order chi connectivity index (χ0) is 20.1. The molecule has 27 heavy (non-hydrogen) atoms. The largest absolute Gasteiger partial charge is 0.468 e. The molecule has 0 saturated carbocycles. The van der Waals surface area contributed by atoms with Gasteiger partial charge in [-0.05, 0) is 31.9 Å². The molecule has 0 aliphatic carbocycles. The fourth-order valence-electron chi connectivity index (χ4n) is 3.23. The summed E-state index contributed by atoms with van der Waals surface area (Å²) in [6.45, 7) is 5.62. The fourth-order valence-corrected chi connectivity index (χ4v) is 3.23. The average molecular weight is 371 g/mol. The van der Waals surface area contributed by atoms with Crippen LogP contribution in [0.3, 0.4) is 0 Å². The normalized spacial score (nSPS) is 11.7. The van der Waals surface area contributed by atoms with E-state index in [9.17, 15) is 14.4 Å². The lowest BCUT2D eigenvalue weighted by atomic mass is 9.96. The number of aromatic nitrogens is 1. The van der Waals surface area contributed by atoms with Gasteiger partial charge in [0.1, 0.15) is 11.7 Å². The third kappa shape index (κ3) is 4.27. The van der Waals surface area contributed by atoms with Gasteiger partial charge in [-0.15, -0.1) is 0 Å². The van der Waals surface area contributed by atoms with Crippen molar-refractivity contribution < 1.29 is 23.9 Å². The number of esters is 2. The molecule has 6 nitrogen and oxygen atoms in total. The van der Waals surface area contributed by atoms with E-state index in [1.54, 1.807) is 0 Å². The topological polar surface area (TPSA) is 74.6 Å². The summed E-state index contributed by atoms with van der Waals surface area (Å²) in [6, 6.07) is 9.78. The number of Topliss-reactive ketones (excluding diaryl/α,β-unsaturated/α-hetero) is 1. The standard InChI is InChI=1S/C21H25NO5/c1-13-14(2)22(12-16-9-7-6-8-10-16)18(19(13)21(25)27-5)11-17(15(3)23)20(24)26-4/h6-10,17H,11-12H2,1-5H3. The van der Waals surface area contributed by atoms with Crippen molar-refractivity contribution >= 4 is 17.7 Å². The van der Waals surface area contributed by atoms with Crippen molar-refractivity contribution in [1.29, 1.82) is 0 Å². The molecular formula is C21H25NO5. The second-order valence-electron chi connectivity index (χ2n) is 6.49. The second-order valence-corrected chi connectivity index (χ2v) is 6.49. The molecule has 1 atom stereocenters. The summed E-state index contributed by atoms with van der Waals surface area (Å²) in [7, 11) is 2.57. The molecule has 0 fully saturated rings. The summed E-state index contributed by atoms with van der Waals surface area (Å²) >= 11 is 0. The Kier molecular flexibility index (Phi) is 6.55. The van der Waals surface area contributed by atoms with E-state index in [4.69, 9.17) is 9.47 Å². The van der Waals surface area contributed by atoms with E-state index in [0.29, 0.717) is 17.8 Å². The Bertz CT molecular complexity index is 851. The molecule has 0 amide bonds. The Morgan fingerprint density at radius 1 is 1.04 bits per heavy atom. The summed E-state index contributed by atoms with van der Waals surface area (Å²) < 4.78 is 11.7. The van der Waals surface area contributed by atoms with Gasteiger partial charge in [-0.25, -0.2) is 4.79 Å². The second kappa shape index (κ2) is 8.66. The molecule has 6 heteroatoms. The smallest absolute Gasteiger partial charge is 0.339 e. The van der Waals surface area contributed by atoms with Crippen LogP contribution in [0.4, 0.5) is 0 Å². The van der Waals surface area contributed by atoms with E-state index in [1.807, 2.05) is 48.7 Å². The highest BCUT2D eigenvalue weighted by Gasteiger charge is 2.31. The highest BCUT2D eigenvalue weighted by molar-refractivity contribution is 5.99. The SMILES string of the molecule is COC(=O)c1c(C)c(C)n(Cc2ccccc2)c1CC(C(C)=O)C(=O)OC. The van der Waals surface area contributed by atoms with Crippen LogP contribution in [0.2, 0.25) is 0 Å². The van der Waals surface area contributed by atoms with Crippen LogP contribution in [0.15, 0.2) is 30.3 Å². The minimum absolute atomic E-state index is 0.0773. The number of nitrogens with zero attached hydrogens (tertiary/aromatic N) is 1. The minimum Gasteiger partial charge on any atom is -0.468 e. The van der Waals surface area contributed by atoms with Crippen LogP contribution in [-0.4, -0.2) is 36.5 Å². The molecule has 2 aromatic rings. The summed E-state index contributed by atoms with van der Waals surface area (Å²) in [5, 5.41) is 0. The van der Waals surface area contributed by atoms with Crippen LogP contribution >= 0.6 is 0 Å². The monoisotopic (exact) mass is 371 g/mol. The van der Waals surface area contributed by atoms with Crippen LogP contribution in [-0.2, 0) is 32.0 Å². The first-order valence-electron chi connectivity index (χ1n) is 8.70. The van der Waals surface area contributed by atoms with Crippen molar-refractivity contribution in [3.8, 4) is 0 Å². The molecule has 1 heterocycles. The molecule has 0 radical (unpaired) electrons. The molecule has 0 aliphatic heterocycles. The molecule has 1 aromatic carbocycles. The number of carbonyl (C=O) groups is 3. The zero-order valence-electron chi connectivity index (χ0n) is 16.4. The maximum Gasteiger partial charge on any atom is 0.339 e. The van der Waals surface area contributed by atoms with Gasteiger partial charge in [0.2, 0.25) is 0 Å². The molecule has 144 valence electrons. The average Bonchev–Trinajstić information content (AvgIpc) is 2.89. The van der Waals surface area contributed by atoms with Gasteiger partial charge in [0.15, 0.2) is 0 Å². The first-order chi connectivity index (χ1) is 12.8. The van der Waals surface area contributed by atoms with E-state index in [-0.39, 0.29) is 12.2 Å². The predicted molar refractivity (Wildman–Crippen MR) is 101 cm³/mol. The van der Waals surface area contributed by atoms with Gasteiger partial charge >= 0.3 is 11.9 Å². The number of rotatable bonds is 7. The van der Waals surface area contributed by atoms with Crippen molar-refractivity contribution in [3.63, 3.8) is 0 Å². The fraction of sp³-hybridized carbons (Fsp3) is 0.381. The van der Waals surface area contributed by atoms with E-state index >= 15 is 0 Å². The number of hydrogen-bond acceptors (Lipinski definition) is 5. The van der Waals surface area contributed by atoms with Crippen LogP contribution in [0.25, 0.3) is 0 Å². The van der Waals surface area contributed by atoms with E-state index in [0.717, 1.165) is 16.8 Å². The highest BCUT2D eigenvalue weighted by atomic mass is 16.5. The number of benzene rings is 1. The van der Waals surface area contributed by atoms with Gasteiger partial charge < -0.3 is 14.0 Å². The third-order valence-electron chi connectivity index (χ3n) is 4.88. The molecule has 0 spiro atoms. The minimum atomic E-state index is -0.971. The molecule has 2 rings (SSSR count). The van der Waals surface area contributed by atoms with Crippen LogP contribution in [0, 0.1) is 19.8 Å². The lowest BCUT2D eigenvalue weighted by Gasteiger charge is -2.17. The maximum absolute atomic E-state index is 12.4. The summed E-state index contributed by atoms with van der Waals surface area (Å²) in [4.78, 5) is 36.6. The number of hydrogen-bond donors (Lipinski definition) is 0. The van der Waals surface area contributed by atoms with E-state index in [2.05, 4.69) is 0 Å². The number of ether oxygens (including phenoxy) is 2. The number of methoxy groups -OCH3 is 2. The van der Waals surface area contributed by atoms with Gasteiger partial charge in [-0.2, -0.15) is 0 Å². The van der Waals surface area contributed by atoms with Crippen molar-refractivity contribution in [3.05, 3.63) is 58.4 Å². The van der Waals surface area contributed by atoms with Gasteiger partial charge in [-0.3, -0.25) is 9.59 Å². The van der Waals surface area contributed by atoms with Crippen molar-refractivity contribution in [2.24, 2.45) is 5.92 Å². The third-order valence-corrected chi connectivity index (χ3v) is 4.88. The maximum atomic E-state index is 12.4. The number of ketones is 1. The summed E-state index contributed by atoms with van der Waals surface area (Å²) in [5.41, 5.74) is 3.72. The zero-order valence-corrected chi connectivity index (χ0v) is 16.4. The van der Waals surface area contributed by atoms with E-state index < -0.39 is 17.9 Å². The van der Waals surface area contributed by atoms with Crippen molar-refractivity contribution in [1.82, 2.24) is 4.57 Å². The molecular weight excluding hydrogens is 346 g/mol. The van der Waals surface area contributed by atoms with Crippen LogP contribution < -0.4 is 0 Å². The molecule has 0 N–H and O–H groups in total. The Balaban J connectivity index is 2.60. The Morgan fingerprint density at radius 3 is 2.19 bits per heavy atom. The molecule has 0 saturated heterocycles. The summed E-state index contributed by atoms with van der Waals surface area (Å²) in [5.74, 6) is -2.37. The molecule has 0 aliphatic rings. The molecule has 1 aromatic heterocycles. The van der Waals surface area contributed by atoms with Gasteiger partial charge in [0.05, 0.1) is 19.8 Å². The Labute approximate surface area is 159 Å². The lowest BCUT2D eigenvalue weighted by Crippen LogP contribution is -2.27. The Morgan fingerprint density at radius 2 is 1.67 bits per heavy atom. The number of carbonyl (C=O) groups excluding carboxylic acids is 3. The first-order valence-corrected chi connectivity index (χ1v) is 8.70. The highest BCUT2D eigenvalue weighted by Crippen LogP contribution is 2.27. The van der Waals surface area contributed by atoms with Crippen molar-refractivity contribution in [2.45, 2.75) is 33.7 Å². The van der Waals surface area contributed by atoms with Crippen LogP contribution in [0.5, 0.6) is 0 Å². The van der Waals surface area contributed by atoms with Crippen molar-refractivity contribution in [2.75, 3.05) is 14.2 Å². The first kappa shape index (κ1) is 20.4. The quantitative estimate of drug-likeness (QED) is 0.553. The molecule has 1 unspecified atom stereocenters. The Hall–Kier alpha value is -2.89. The summed E-state index contributed by atoms with van der Waals surface area (Å²) in [6.07, 6.45) is 0.0773. The predicted octanol–water partition coefficient (Wildman–Crippen LogP) is 2.86. The lowest BCUT2D eigenvalue weighted by molar-refractivity contribution is -0.148. The van der Waals surface area contributed by atoms with Gasteiger partial charge in [-0.1, -0.05) is 30.3 Å².